The van der Waals surface area contributed by atoms with Crippen LogP contribution in [0.3, 0.4) is 0 Å². The van der Waals surface area contributed by atoms with Crippen LogP contribution in [0, 0.1) is 5.82 Å². The molecule has 2 N–H and O–H groups in total. The van der Waals surface area contributed by atoms with E-state index in [1.165, 1.54) is 23.4 Å². The highest BCUT2D eigenvalue weighted by molar-refractivity contribution is 7.89. The van der Waals surface area contributed by atoms with Gasteiger partial charge in [0.25, 0.3) is 0 Å². The molecule has 1 atom stereocenters. The molecule has 1 unspecified atom stereocenters. The van der Waals surface area contributed by atoms with E-state index in [4.69, 9.17) is 0 Å². The van der Waals surface area contributed by atoms with Gasteiger partial charge in [-0.1, -0.05) is 0 Å². The first-order valence-electron chi connectivity index (χ1n) is 8.40. The highest BCUT2D eigenvalue weighted by atomic mass is 35.5. The molecule has 0 radical (unpaired) electrons. The Bertz CT molecular complexity index is 756. The van der Waals surface area contributed by atoms with Crippen molar-refractivity contribution in [2.45, 2.75) is 24.3 Å². The summed E-state index contributed by atoms with van der Waals surface area (Å²) in [5.41, 5.74) is -0.119. The summed E-state index contributed by atoms with van der Waals surface area (Å²) in [6.07, 6.45) is 0.791. The minimum atomic E-state index is -3.71. The van der Waals surface area contributed by atoms with Crippen LogP contribution in [0.25, 0.3) is 0 Å². The topological polar surface area (TPSA) is 81.8 Å². The molecule has 10 heteroatoms. The standard InChI is InChI=1S/C16H23FN4O3S.ClH/c1-12(22)19-16-10-14(2-3-15(16)17)25(23,24)21-7-4-13(11-21)20-8-5-18-6-9-20;/h2-3,10,13,18H,4-9,11H2,1H3,(H,19,22);1H. The molecule has 0 saturated carbocycles. The Hall–Kier alpha value is -1.26. The number of piperazine rings is 1. The number of nitrogens with one attached hydrogen (secondary N) is 2. The molecule has 0 bridgehead atoms. The number of hydrogen-bond acceptors (Lipinski definition) is 5. The highest BCUT2D eigenvalue weighted by Gasteiger charge is 2.35. The van der Waals surface area contributed by atoms with Crippen molar-refractivity contribution >= 4 is 34.0 Å². The SMILES string of the molecule is CC(=O)Nc1cc(S(=O)(=O)N2CCC(N3CCNCC3)C2)ccc1F.Cl. The Kier molecular flexibility index (Phi) is 6.98. The molecule has 0 spiro atoms. The third-order valence-corrected chi connectivity index (χ3v) is 6.54. The number of sulfonamides is 1. The zero-order chi connectivity index (χ0) is 18.0. The van der Waals surface area contributed by atoms with E-state index in [1.807, 2.05) is 0 Å². The van der Waals surface area contributed by atoms with E-state index in [9.17, 15) is 17.6 Å². The van der Waals surface area contributed by atoms with Gasteiger partial charge in [-0.05, 0) is 24.6 Å². The quantitative estimate of drug-likeness (QED) is 0.775. The van der Waals surface area contributed by atoms with Gasteiger partial charge in [0.1, 0.15) is 5.82 Å². The summed E-state index contributed by atoms with van der Waals surface area (Å²) in [5, 5.41) is 5.61. The predicted octanol–water partition coefficient (Wildman–Crippen LogP) is 0.874. The molecule has 7 nitrogen and oxygen atoms in total. The normalized spacial score (nSPS) is 22.0. The van der Waals surface area contributed by atoms with Gasteiger partial charge in [-0.15, -0.1) is 12.4 Å². The minimum absolute atomic E-state index is 0. The molecule has 3 rings (SSSR count). The van der Waals surface area contributed by atoms with Crippen LogP contribution in [0.5, 0.6) is 0 Å². The number of nitrogens with zero attached hydrogens (tertiary/aromatic N) is 2. The van der Waals surface area contributed by atoms with Crippen LogP contribution >= 0.6 is 12.4 Å². The number of rotatable bonds is 4. The predicted molar refractivity (Wildman–Crippen MR) is 99.6 cm³/mol. The van der Waals surface area contributed by atoms with Crippen LogP contribution in [0.2, 0.25) is 0 Å². The van der Waals surface area contributed by atoms with Crippen LogP contribution in [0.1, 0.15) is 13.3 Å². The first-order chi connectivity index (χ1) is 11.9. The summed E-state index contributed by atoms with van der Waals surface area (Å²) < 4.78 is 41.0. The summed E-state index contributed by atoms with van der Waals surface area (Å²) in [7, 11) is -3.71. The fraction of sp³-hybridized carbons (Fsp3) is 0.562. The molecular weight excluding hydrogens is 383 g/mol. The lowest BCUT2D eigenvalue weighted by Gasteiger charge is -2.32. The van der Waals surface area contributed by atoms with Crippen LogP contribution < -0.4 is 10.6 Å². The fourth-order valence-corrected chi connectivity index (χ4v) is 4.89. The van der Waals surface area contributed by atoms with E-state index in [1.54, 1.807) is 0 Å². The smallest absolute Gasteiger partial charge is 0.243 e. The zero-order valence-corrected chi connectivity index (χ0v) is 16.2. The largest absolute Gasteiger partial charge is 0.324 e. The number of benzene rings is 1. The summed E-state index contributed by atoms with van der Waals surface area (Å²) in [6, 6.07) is 3.72. The average molecular weight is 407 g/mol. The van der Waals surface area contributed by atoms with E-state index >= 15 is 0 Å². The van der Waals surface area contributed by atoms with Crippen molar-refractivity contribution in [3.8, 4) is 0 Å². The number of carbonyl (C=O) groups excluding carboxylic acids is 1. The van der Waals surface area contributed by atoms with Crippen molar-refractivity contribution in [1.82, 2.24) is 14.5 Å². The summed E-state index contributed by atoms with van der Waals surface area (Å²) in [4.78, 5) is 13.5. The third-order valence-electron chi connectivity index (χ3n) is 4.68. The maximum Gasteiger partial charge on any atom is 0.243 e. The lowest BCUT2D eigenvalue weighted by molar-refractivity contribution is -0.114. The lowest BCUT2D eigenvalue weighted by Crippen LogP contribution is -2.49. The van der Waals surface area contributed by atoms with Crippen molar-refractivity contribution in [2.24, 2.45) is 0 Å². The maximum atomic E-state index is 13.8. The summed E-state index contributed by atoms with van der Waals surface area (Å²) >= 11 is 0. The molecule has 1 aromatic carbocycles. The molecular formula is C16H24ClFN4O3S. The van der Waals surface area contributed by atoms with Crippen LogP contribution in [-0.4, -0.2) is 68.8 Å². The van der Waals surface area contributed by atoms with E-state index < -0.39 is 21.7 Å². The second-order valence-electron chi connectivity index (χ2n) is 6.41. The molecule has 26 heavy (non-hydrogen) atoms. The number of halogens is 2. The van der Waals surface area contributed by atoms with Crippen LogP contribution in [0.15, 0.2) is 23.1 Å². The van der Waals surface area contributed by atoms with Gasteiger partial charge in [0, 0.05) is 52.2 Å². The van der Waals surface area contributed by atoms with E-state index in [0.29, 0.717) is 13.1 Å². The van der Waals surface area contributed by atoms with Crippen molar-refractivity contribution < 1.29 is 17.6 Å². The first-order valence-corrected chi connectivity index (χ1v) is 9.84. The molecule has 2 aliphatic rings. The van der Waals surface area contributed by atoms with Crippen LogP contribution in [-0.2, 0) is 14.8 Å². The number of amides is 1. The average Bonchev–Trinajstić information content (AvgIpc) is 3.08. The fourth-order valence-electron chi connectivity index (χ4n) is 3.37. The Morgan fingerprint density at radius 1 is 1.27 bits per heavy atom. The van der Waals surface area contributed by atoms with Crippen molar-refractivity contribution in [3.63, 3.8) is 0 Å². The molecule has 2 saturated heterocycles. The number of hydrogen-bond donors (Lipinski definition) is 2. The molecule has 1 aromatic rings. The second-order valence-corrected chi connectivity index (χ2v) is 8.35. The zero-order valence-electron chi connectivity index (χ0n) is 14.6. The van der Waals surface area contributed by atoms with Gasteiger partial charge >= 0.3 is 0 Å². The minimum Gasteiger partial charge on any atom is -0.324 e. The highest BCUT2D eigenvalue weighted by Crippen LogP contribution is 2.26. The van der Waals surface area contributed by atoms with Gasteiger partial charge in [-0.2, -0.15) is 4.31 Å². The van der Waals surface area contributed by atoms with E-state index in [0.717, 1.165) is 38.7 Å². The van der Waals surface area contributed by atoms with Gasteiger partial charge in [-0.25, -0.2) is 12.8 Å². The number of anilines is 1. The summed E-state index contributed by atoms with van der Waals surface area (Å²) in [5.74, 6) is -1.11. The lowest BCUT2D eigenvalue weighted by atomic mass is 10.2. The third kappa shape index (κ3) is 4.52. The van der Waals surface area contributed by atoms with Crippen molar-refractivity contribution in [2.75, 3.05) is 44.6 Å². The second kappa shape index (κ2) is 8.62. The first kappa shape index (κ1) is 21.0. The monoisotopic (exact) mass is 406 g/mol. The molecule has 146 valence electrons. The molecule has 2 aliphatic heterocycles. The van der Waals surface area contributed by atoms with E-state index in [-0.39, 0.29) is 29.0 Å². The Labute approximate surface area is 159 Å². The molecule has 2 fully saturated rings. The molecule has 0 aliphatic carbocycles. The van der Waals surface area contributed by atoms with Crippen LogP contribution in [0.4, 0.5) is 10.1 Å². The Morgan fingerprint density at radius 3 is 2.62 bits per heavy atom. The summed E-state index contributed by atoms with van der Waals surface area (Å²) in [6.45, 7) is 5.81. The van der Waals surface area contributed by atoms with Gasteiger partial charge < -0.3 is 10.6 Å². The van der Waals surface area contributed by atoms with Gasteiger partial charge in [0.2, 0.25) is 15.9 Å². The Morgan fingerprint density at radius 2 is 1.96 bits per heavy atom. The molecule has 0 aromatic heterocycles. The molecule has 1 amide bonds. The van der Waals surface area contributed by atoms with Crippen molar-refractivity contribution in [1.29, 1.82) is 0 Å². The van der Waals surface area contributed by atoms with Gasteiger partial charge in [0.05, 0.1) is 10.6 Å². The Balaban J connectivity index is 0.00000243. The van der Waals surface area contributed by atoms with E-state index in [2.05, 4.69) is 15.5 Å². The molecule has 2 heterocycles. The van der Waals surface area contributed by atoms with Crippen molar-refractivity contribution in [3.05, 3.63) is 24.0 Å². The number of carbonyl (C=O) groups is 1. The van der Waals surface area contributed by atoms with Gasteiger partial charge in [-0.3, -0.25) is 9.69 Å². The van der Waals surface area contributed by atoms with Gasteiger partial charge in [0.15, 0.2) is 0 Å². The maximum absolute atomic E-state index is 13.8.